The average Bonchev–Trinajstić information content (AvgIpc) is 3.56. The molecule has 0 saturated heterocycles. The number of pyridine rings is 1. The van der Waals surface area contributed by atoms with Crippen LogP contribution in [0.2, 0.25) is 0 Å². The SMILES string of the molecule is O=C1NCc2cc(-c3ccc(Nc4ccc(-n5ccnc5)cc4)c4nccn34)ccc21. The van der Waals surface area contributed by atoms with Crippen molar-refractivity contribution in [3.63, 3.8) is 0 Å². The van der Waals surface area contributed by atoms with Gasteiger partial charge in [-0.25, -0.2) is 9.97 Å². The van der Waals surface area contributed by atoms with Crippen molar-refractivity contribution in [3.8, 4) is 16.9 Å². The fourth-order valence-corrected chi connectivity index (χ4v) is 4.02. The summed E-state index contributed by atoms with van der Waals surface area (Å²) in [5.74, 6) is -0.00654. The molecule has 6 rings (SSSR count). The summed E-state index contributed by atoms with van der Waals surface area (Å²) in [6, 6.07) is 18.2. The van der Waals surface area contributed by atoms with Gasteiger partial charge in [0.1, 0.15) is 0 Å². The highest BCUT2D eigenvalue weighted by Gasteiger charge is 2.19. The van der Waals surface area contributed by atoms with Crippen LogP contribution in [0.4, 0.5) is 11.4 Å². The summed E-state index contributed by atoms with van der Waals surface area (Å²) in [6.07, 6.45) is 9.21. The summed E-state index contributed by atoms with van der Waals surface area (Å²) in [5.41, 5.74) is 7.63. The molecule has 2 N–H and O–H groups in total. The van der Waals surface area contributed by atoms with E-state index in [0.717, 1.165) is 45.1 Å². The van der Waals surface area contributed by atoms with Crippen LogP contribution in [0.5, 0.6) is 0 Å². The molecule has 150 valence electrons. The zero-order valence-electron chi connectivity index (χ0n) is 16.5. The number of imidazole rings is 2. The molecule has 4 heterocycles. The van der Waals surface area contributed by atoms with Crippen LogP contribution in [0.1, 0.15) is 15.9 Å². The Hall–Kier alpha value is -4.39. The lowest BCUT2D eigenvalue weighted by molar-refractivity contribution is 0.0966. The number of nitrogens with one attached hydrogen (secondary N) is 2. The maximum Gasteiger partial charge on any atom is 0.251 e. The molecule has 3 aromatic heterocycles. The number of aromatic nitrogens is 4. The van der Waals surface area contributed by atoms with Gasteiger partial charge < -0.3 is 15.2 Å². The summed E-state index contributed by atoms with van der Waals surface area (Å²) >= 11 is 0. The van der Waals surface area contributed by atoms with E-state index in [-0.39, 0.29) is 5.91 Å². The summed E-state index contributed by atoms with van der Waals surface area (Å²) < 4.78 is 4.03. The minimum absolute atomic E-state index is 0.00654. The Bertz CT molecular complexity index is 1420. The third kappa shape index (κ3) is 2.95. The molecule has 0 atom stereocenters. The van der Waals surface area contributed by atoms with E-state index in [0.29, 0.717) is 6.54 Å². The van der Waals surface area contributed by atoms with Gasteiger partial charge in [-0.2, -0.15) is 0 Å². The first-order valence-corrected chi connectivity index (χ1v) is 9.99. The Morgan fingerprint density at radius 3 is 2.71 bits per heavy atom. The number of benzene rings is 2. The predicted molar refractivity (Wildman–Crippen MR) is 119 cm³/mol. The molecular formula is C24H18N6O. The molecule has 0 aliphatic carbocycles. The average molecular weight is 406 g/mol. The number of hydrogen-bond donors (Lipinski definition) is 2. The number of hydrogen-bond acceptors (Lipinski definition) is 4. The zero-order valence-corrected chi connectivity index (χ0v) is 16.5. The van der Waals surface area contributed by atoms with Crippen LogP contribution in [0, 0.1) is 0 Å². The lowest BCUT2D eigenvalue weighted by atomic mass is 10.0. The topological polar surface area (TPSA) is 76.2 Å². The second kappa shape index (κ2) is 6.84. The lowest BCUT2D eigenvalue weighted by Gasteiger charge is -2.13. The molecule has 7 nitrogen and oxygen atoms in total. The van der Waals surface area contributed by atoms with Crippen LogP contribution in [0.3, 0.4) is 0 Å². The van der Waals surface area contributed by atoms with Crippen molar-refractivity contribution in [3.05, 3.63) is 96.8 Å². The molecule has 0 fully saturated rings. The number of carbonyl (C=O) groups excluding carboxylic acids is 1. The van der Waals surface area contributed by atoms with E-state index in [4.69, 9.17) is 0 Å². The Morgan fingerprint density at radius 2 is 1.87 bits per heavy atom. The smallest absolute Gasteiger partial charge is 0.251 e. The molecule has 31 heavy (non-hydrogen) atoms. The molecule has 0 spiro atoms. The third-order valence-corrected chi connectivity index (χ3v) is 5.58. The number of nitrogens with zero attached hydrogens (tertiary/aromatic N) is 4. The van der Waals surface area contributed by atoms with E-state index in [2.05, 4.69) is 37.1 Å². The summed E-state index contributed by atoms with van der Waals surface area (Å²) in [4.78, 5) is 20.5. The molecule has 0 bridgehead atoms. The largest absolute Gasteiger partial charge is 0.352 e. The maximum atomic E-state index is 11.9. The predicted octanol–water partition coefficient (Wildman–Crippen LogP) is 4.17. The van der Waals surface area contributed by atoms with Crippen molar-refractivity contribution in [1.82, 2.24) is 24.3 Å². The Kier molecular flexibility index (Phi) is 3.86. The normalized spacial score (nSPS) is 12.7. The minimum atomic E-state index is -0.00654. The molecule has 1 aliphatic heterocycles. The zero-order chi connectivity index (χ0) is 20.8. The number of fused-ring (bicyclic) bond motifs is 2. The van der Waals surface area contributed by atoms with E-state index < -0.39 is 0 Å². The fraction of sp³-hybridized carbons (Fsp3) is 0.0417. The standard InChI is InChI=1S/C24H18N6O/c31-24-20-6-1-16(13-17(20)14-27-24)22-8-7-21(23-26-10-12-30(22)23)28-18-2-4-19(5-3-18)29-11-9-25-15-29/h1-13,15,28H,14H2,(H,27,31). The first-order valence-electron chi connectivity index (χ1n) is 9.99. The molecule has 0 saturated carbocycles. The summed E-state index contributed by atoms with van der Waals surface area (Å²) in [7, 11) is 0. The lowest BCUT2D eigenvalue weighted by Crippen LogP contribution is -2.12. The highest BCUT2D eigenvalue weighted by atomic mass is 16.1. The molecule has 1 amide bonds. The van der Waals surface area contributed by atoms with Gasteiger partial charge >= 0.3 is 0 Å². The molecule has 2 aromatic carbocycles. The van der Waals surface area contributed by atoms with Gasteiger partial charge in [0, 0.05) is 48.3 Å². The van der Waals surface area contributed by atoms with Gasteiger partial charge in [-0.15, -0.1) is 0 Å². The van der Waals surface area contributed by atoms with Crippen molar-refractivity contribution < 1.29 is 4.79 Å². The van der Waals surface area contributed by atoms with Gasteiger partial charge in [-0.05, 0) is 59.7 Å². The molecule has 0 unspecified atom stereocenters. The van der Waals surface area contributed by atoms with E-state index >= 15 is 0 Å². The van der Waals surface area contributed by atoms with Gasteiger partial charge in [-0.3, -0.25) is 9.20 Å². The van der Waals surface area contributed by atoms with Crippen LogP contribution in [-0.2, 0) is 6.54 Å². The highest BCUT2D eigenvalue weighted by molar-refractivity contribution is 5.99. The fourth-order valence-electron chi connectivity index (χ4n) is 4.02. The van der Waals surface area contributed by atoms with Crippen LogP contribution >= 0.6 is 0 Å². The number of carbonyl (C=O) groups is 1. The highest BCUT2D eigenvalue weighted by Crippen LogP contribution is 2.30. The van der Waals surface area contributed by atoms with Gasteiger partial charge in [0.05, 0.1) is 17.7 Å². The molecule has 1 aliphatic rings. The molecule has 5 aromatic rings. The second-order valence-electron chi connectivity index (χ2n) is 7.45. The van der Waals surface area contributed by atoms with Crippen molar-refractivity contribution in [2.24, 2.45) is 0 Å². The van der Waals surface area contributed by atoms with Gasteiger partial charge in [-0.1, -0.05) is 6.07 Å². The van der Waals surface area contributed by atoms with Gasteiger partial charge in [0.2, 0.25) is 0 Å². The van der Waals surface area contributed by atoms with Crippen LogP contribution in [-0.4, -0.2) is 24.8 Å². The quantitative estimate of drug-likeness (QED) is 0.470. The van der Waals surface area contributed by atoms with Crippen molar-refractivity contribution >= 4 is 22.9 Å². The van der Waals surface area contributed by atoms with Crippen LogP contribution in [0.25, 0.3) is 22.6 Å². The third-order valence-electron chi connectivity index (χ3n) is 5.58. The minimum Gasteiger partial charge on any atom is -0.352 e. The number of anilines is 2. The number of amides is 1. The Morgan fingerprint density at radius 1 is 0.968 bits per heavy atom. The maximum absolute atomic E-state index is 11.9. The van der Waals surface area contributed by atoms with Gasteiger partial charge in [0.25, 0.3) is 5.91 Å². The second-order valence-corrected chi connectivity index (χ2v) is 7.45. The van der Waals surface area contributed by atoms with E-state index in [1.807, 2.05) is 59.4 Å². The molecule has 0 radical (unpaired) electrons. The molecular weight excluding hydrogens is 388 g/mol. The first kappa shape index (κ1) is 17.5. The molecule has 7 heteroatoms. The van der Waals surface area contributed by atoms with E-state index in [9.17, 15) is 4.79 Å². The van der Waals surface area contributed by atoms with Crippen LogP contribution < -0.4 is 10.6 Å². The summed E-state index contributed by atoms with van der Waals surface area (Å²) in [6.45, 7) is 0.573. The van der Waals surface area contributed by atoms with Crippen LogP contribution in [0.15, 0.2) is 85.7 Å². The van der Waals surface area contributed by atoms with Crippen molar-refractivity contribution in [2.75, 3.05) is 5.32 Å². The Balaban J connectivity index is 1.34. The van der Waals surface area contributed by atoms with Gasteiger partial charge in [0.15, 0.2) is 5.65 Å². The van der Waals surface area contributed by atoms with E-state index in [1.54, 1.807) is 18.7 Å². The monoisotopic (exact) mass is 406 g/mol. The first-order chi connectivity index (χ1) is 15.3. The Labute approximate surface area is 178 Å². The van der Waals surface area contributed by atoms with Crippen molar-refractivity contribution in [2.45, 2.75) is 6.54 Å². The van der Waals surface area contributed by atoms with Crippen molar-refractivity contribution in [1.29, 1.82) is 0 Å². The number of rotatable bonds is 4. The van der Waals surface area contributed by atoms with E-state index in [1.165, 1.54) is 0 Å². The summed E-state index contributed by atoms with van der Waals surface area (Å²) in [5, 5.41) is 6.34.